The first-order valence-corrected chi connectivity index (χ1v) is 5.88. The lowest BCUT2D eigenvalue weighted by Crippen LogP contribution is -2.27. The Balaban J connectivity index is 1.76. The van der Waals surface area contributed by atoms with Gasteiger partial charge in [0.05, 0.1) is 5.69 Å². The molecular formula is C14H13N3O. The third-order valence-corrected chi connectivity index (χ3v) is 3.01. The zero-order chi connectivity index (χ0) is 12.4. The summed E-state index contributed by atoms with van der Waals surface area (Å²) >= 11 is 0. The fourth-order valence-corrected chi connectivity index (χ4v) is 2.12. The molecule has 18 heavy (non-hydrogen) atoms. The van der Waals surface area contributed by atoms with Gasteiger partial charge in [-0.15, -0.1) is 0 Å². The molecule has 3 rings (SSSR count). The first kappa shape index (κ1) is 10.9. The number of nitrogens with zero attached hydrogens (tertiary/aromatic N) is 1. The zero-order valence-electron chi connectivity index (χ0n) is 9.76. The third-order valence-electron chi connectivity index (χ3n) is 3.01. The molecule has 4 nitrogen and oxygen atoms in total. The summed E-state index contributed by atoms with van der Waals surface area (Å²) in [6, 6.07) is 13.2. The number of pyridine rings is 1. The van der Waals surface area contributed by atoms with Crippen LogP contribution in [0.5, 0.6) is 0 Å². The number of aromatic nitrogens is 1. The first-order valence-electron chi connectivity index (χ1n) is 5.88. The summed E-state index contributed by atoms with van der Waals surface area (Å²) in [6.07, 6.45) is 1.75. The minimum atomic E-state index is -0.289. The van der Waals surface area contributed by atoms with Gasteiger partial charge in [0.2, 0.25) is 5.91 Å². The number of carbonyl (C=O) groups excluding carboxylic acids is 1. The van der Waals surface area contributed by atoms with Gasteiger partial charge in [-0.3, -0.25) is 15.1 Å². The zero-order valence-corrected chi connectivity index (χ0v) is 9.76. The summed E-state index contributed by atoms with van der Waals surface area (Å²) in [6.45, 7) is 0.577. The normalized spacial score (nSPS) is 17.3. The van der Waals surface area contributed by atoms with Crippen molar-refractivity contribution in [2.75, 3.05) is 5.32 Å². The molecule has 2 aromatic rings. The Hall–Kier alpha value is -2.20. The fourth-order valence-electron chi connectivity index (χ4n) is 2.12. The Morgan fingerprint density at radius 1 is 1.17 bits per heavy atom. The van der Waals surface area contributed by atoms with E-state index in [0.29, 0.717) is 6.54 Å². The quantitative estimate of drug-likeness (QED) is 0.859. The number of carbonyl (C=O) groups is 1. The van der Waals surface area contributed by atoms with Crippen LogP contribution in [0.2, 0.25) is 0 Å². The number of amides is 1. The molecule has 0 bridgehead atoms. The van der Waals surface area contributed by atoms with Crippen molar-refractivity contribution in [3.63, 3.8) is 0 Å². The molecule has 2 heterocycles. The number of anilines is 1. The van der Waals surface area contributed by atoms with Gasteiger partial charge in [-0.1, -0.05) is 24.3 Å². The van der Waals surface area contributed by atoms with Gasteiger partial charge in [0, 0.05) is 24.0 Å². The molecule has 0 saturated carbocycles. The van der Waals surface area contributed by atoms with Gasteiger partial charge >= 0.3 is 0 Å². The van der Waals surface area contributed by atoms with E-state index >= 15 is 0 Å². The second-order valence-corrected chi connectivity index (χ2v) is 4.21. The summed E-state index contributed by atoms with van der Waals surface area (Å²) in [4.78, 5) is 16.1. The van der Waals surface area contributed by atoms with Crippen LogP contribution in [-0.2, 0) is 11.3 Å². The molecule has 1 aliphatic rings. The van der Waals surface area contributed by atoms with E-state index in [1.54, 1.807) is 6.20 Å². The van der Waals surface area contributed by atoms with Gasteiger partial charge in [0.25, 0.3) is 0 Å². The van der Waals surface area contributed by atoms with Crippen molar-refractivity contribution in [1.29, 1.82) is 0 Å². The lowest BCUT2D eigenvalue weighted by Gasteiger charge is -2.10. The highest BCUT2D eigenvalue weighted by Crippen LogP contribution is 2.30. The molecule has 0 aliphatic carbocycles. The van der Waals surface area contributed by atoms with Crippen LogP contribution in [0, 0.1) is 0 Å². The second kappa shape index (κ2) is 4.58. The fraction of sp³-hybridized carbons (Fsp3) is 0.143. The van der Waals surface area contributed by atoms with Crippen LogP contribution >= 0.6 is 0 Å². The largest absolute Gasteiger partial charge is 0.324 e. The van der Waals surface area contributed by atoms with Crippen LogP contribution < -0.4 is 10.6 Å². The van der Waals surface area contributed by atoms with Crippen molar-refractivity contribution in [3.8, 4) is 0 Å². The molecular weight excluding hydrogens is 226 g/mol. The van der Waals surface area contributed by atoms with E-state index in [2.05, 4.69) is 15.6 Å². The smallest absolute Gasteiger partial charge is 0.246 e. The Labute approximate surface area is 105 Å². The summed E-state index contributed by atoms with van der Waals surface area (Å²) in [5, 5.41) is 6.09. The number of rotatable bonds is 3. The topological polar surface area (TPSA) is 54.0 Å². The molecule has 1 aromatic carbocycles. The maximum Gasteiger partial charge on any atom is 0.246 e. The number of nitrogens with one attached hydrogen (secondary N) is 2. The van der Waals surface area contributed by atoms with E-state index in [1.807, 2.05) is 42.5 Å². The van der Waals surface area contributed by atoms with Gasteiger partial charge < -0.3 is 5.32 Å². The highest BCUT2D eigenvalue weighted by molar-refractivity contribution is 6.02. The number of fused-ring (bicyclic) bond motifs is 1. The molecule has 0 spiro atoms. The van der Waals surface area contributed by atoms with Crippen LogP contribution in [0.4, 0.5) is 5.69 Å². The van der Waals surface area contributed by atoms with Gasteiger partial charge in [-0.05, 0) is 18.2 Å². The van der Waals surface area contributed by atoms with Gasteiger partial charge in [-0.25, -0.2) is 0 Å². The van der Waals surface area contributed by atoms with Crippen molar-refractivity contribution >= 4 is 11.6 Å². The SMILES string of the molecule is O=C1Nc2ccccc2C1NCc1ccccn1. The molecule has 0 fully saturated rings. The van der Waals surface area contributed by atoms with Crippen molar-refractivity contribution in [1.82, 2.24) is 10.3 Å². The van der Waals surface area contributed by atoms with Gasteiger partial charge in [0.1, 0.15) is 6.04 Å². The lowest BCUT2D eigenvalue weighted by atomic mass is 10.1. The van der Waals surface area contributed by atoms with Crippen LogP contribution in [0.25, 0.3) is 0 Å². The van der Waals surface area contributed by atoms with Crippen molar-refractivity contribution in [2.24, 2.45) is 0 Å². The standard InChI is InChI=1S/C14H13N3O/c18-14-13(11-6-1-2-7-12(11)17-14)16-9-10-5-3-4-8-15-10/h1-8,13,16H,9H2,(H,17,18). The Kier molecular flexibility index (Phi) is 2.78. The monoisotopic (exact) mass is 239 g/mol. The average Bonchev–Trinajstić information content (AvgIpc) is 2.73. The van der Waals surface area contributed by atoms with Crippen LogP contribution in [0.3, 0.4) is 0 Å². The van der Waals surface area contributed by atoms with E-state index in [0.717, 1.165) is 16.9 Å². The number of para-hydroxylation sites is 1. The molecule has 90 valence electrons. The summed E-state index contributed by atoms with van der Waals surface area (Å²) in [5.41, 5.74) is 2.81. The summed E-state index contributed by atoms with van der Waals surface area (Å²) < 4.78 is 0. The minimum absolute atomic E-state index is 0.00729. The molecule has 1 atom stereocenters. The third kappa shape index (κ3) is 1.98. The van der Waals surface area contributed by atoms with Gasteiger partial charge in [-0.2, -0.15) is 0 Å². The molecule has 1 aliphatic heterocycles. The van der Waals surface area contributed by atoms with Crippen molar-refractivity contribution < 1.29 is 4.79 Å². The molecule has 4 heteroatoms. The summed E-state index contributed by atoms with van der Waals surface area (Å²) in [5.74, 6) is -0.00729. The lowest BCUT2D eigenvalue weighted by molar-refractivity contribution is -0.117. The highest BCUT2D eigenvalue weighted by Gasteiger charge is 2.29. The minimum Gasteiger partial charge on any atom is -0.324 e. The molecule has 0 radical (unpaired) electrons. The number of benzene rings is 1. The predicted molar refractivity (Wildman–Crippen MR) is 68.9 cm³/mol. The molecule has 0 saturated heterocycles. The molecule has 1 unspecified atom stereocenters. The predicted octanol–water partition coefficient (Wildman–Crippen LogP) is 1.86. The van der Waals surface area contributed by atoms with E-state index in [1.165, 1.54) is 0 Å². The Morgan fingerprint density at radius 3 is 2.83 bits per heavy atom. The van der Waals surface area contributed by atoms with Crippen molar-refractivity contribution in [2.45, 2.75) is 12.6 Å². The maximum absolute atomic E-state index is 11.9. The number of hydrogen-bond acceptors (Lipinski definition) is 3. The molecule has 1 aromatic heterocycles. The van der Waals surface area contributed by atoms with E-state index in [4.69, 9.17) is 0 Å². The molecule has 1 amide bonds. The molecule has 2 N–H and O–H groups in total. The van der Waals surface area contributed by atoms with Crippen molar-refractivity contribution in [3.05, 3.63) is 59.9 Å². The Morgan fingerprint density at radius 2 is 2.00 bits per heavy atom. The van der Waals surface area contributed by atoms with Crippen LogP contribution in [0.15, 0.2) is 48.7 Å². The number of hydrogen-bond donors (Lipinski definition) is 2. The van der Waals surface area contributed by atoms with Crippen LogP contribution in [0.1, 0.15) is 17.3 Å². The van der Waals surface area contributed by atoms with E-state index in [9.17, 15) is 4.79 Å². The van der Waals surface area contributed by atoms with Crippen LogP contribution in [-0.4, -0.2) is 10.9 Å². The van der Waals surface area contributed by atoms with Gasteiger partial charge in [0.15, 0.2) is 0 Å². The van der Waals surface area contributed by atoms with E-state index in [-0.39, 0.29) is 11.9 Å². The van der Waals surface area contributed by atoms with E-state index < -0.39 is 0 Å². The highest BCUT2D eigenvalue weighted by atomic mass is 16.2. The average molecular weight is 239 g/mol. The first-order chi connectivity index (χ1) is 8.84. The Bertz CT molecular complexity index is 568. The maximum atomic E-state index is 11.9. The second-order valence-electron chi connectivity index (χ2n) is 4.21. The summed E-state index contributed by atoms with van der Waals surface area (Å²) in [7, 11) is 0.